The Hall–Kier alpha value is -1.97. The van der Waals surface area contributed by atoms with Crippen molar-refractivity contribution in [2.45, 2.75) is 19.8 Å². The number of ether oxygens (including phenoxy) is 1. The monoisotopic (exact) mass is 280 g/mol. The molecule has 2 aromatic rings. The van der Waals surface area contributed by atoms with E-state index in [-0.39, 0.29) is 0 Å². The van der Waals surface area contributed by atoms with Gasteiger partial charge < -0.3 is 9.64 Å². The van der Waals surface area contributed by atoms with Crippen LogP contribution in [0.1, 0.15) is 22.3 Å². The van der Waals surface area contributed by atoms with Gasteiger partial charge in [-0.3, -0.25) is 4.99 Å². The van der Waals surface area contributed by atoms with Gasteiger partial charge in [-0.25, -0.2) is 0 Å². The molecule has 0 spiro atoms. The number of aliphatic imine (C=N–C) groups is 1. The minimum absolute atomic E-state index is 0.671. The van der Waals surface area contributed by atoms with Crippen molar-refractivity contribution in [1.29, 1.82) is 0 Å². The predicted octanol–water partition coefficient (Wildman–Crippen LogP) is 3.53. The van der Waals surface area contributed by atoms with Gasteiger partial charge in [0.15, 0.2) is 0 Å². The third kappa shape index (κ3) is 3.38. The van der Waals surface area contributed by atoms with Gasteiger partial charge in [0, 0.05) is 18.3 Å². The maximum absolute atomic E-state index is 5.48. The molecule has 0 aromatic heterocycles. The van der Waals surface area contributed by atoms with Crippen LogP contribution >= 0.6 is 0 Å². The Labute approximate surface area is 125 Å². The van der Waals surface area contributed by atoms with E-state index in [1.807, 2.05) is 18.3 Å². The molecule has 3 nitrogen and oxygen atoms in total. The summed E-state index contributed by atoms with van der Waals surface area (Å²) in [5.74, 6) is 0. The summed E-state index contributed by atoms with van der Waals surface area (Å²) in [6.07, 6.45) is 1.92. The Bertz CT molecular complexity index is 645. The minimum Gasteiger partial charge on any atom is -0.372 e. The van der Waals surface area contributed by atoms with Crippen LogP contribution in [-0.4, -0.2) is 25.2 Å². The maximum Gasteiger partial charge on any atom is 0.0746 e. The SMILES string of the molecule is CN(C)Cc1ccc(C=Nc2cccc3c2COC3)cc1. The summed E-state index contributed by atoms with van der Waals surface area (Å²) in [4.78, 5) is 6.79. The summed E-state index contributed by atoms with van der Waals surface area (Å²) < 4.78 is 5.48. The van der Waals surface area contributed by atoms with E-state index in [2.05, 4.69) is 54.3 Å². The summed E-state index contributed by atoms with van der Waals surface area (Å²) in [5, 5.41) is 0. The van der Waals surface area contributed by atoms with Gasteiger partial charge >= 0.3 is 0 Å². The fraction of sp³-hybridized carbons (Fsp3) is 0.278. The van der Waals surface area contributed by atoms with Gasteiger partial charge in [-0.05, 0) is 36.9 Å². The second-order valence-corrected chi connectivity index (χ2v) is 5.65. The average molecular weight is 280 g/mol. The molecule has 0 radical (unpaired) electrons. The first-order valence-corrected chi connectivity index (χ1v) is 7.18. The number of rotatable bonds is 4. The maximum atomic E-state index is 5.48. The molecular formula is C18H20N2O. The Balaban J connectivity index is 1.76. The standard InChI is InChI=1S/C18H20N2O/c1-20(2)11-15-8-6-14(7-9-15)10-19-18-5-3-4-16-12-21-13-17(16)18/h3-10H,11-13H2,1-2H3. The van der Waals surface area contributed by atoms with Gasteiger partial charge in [0.05, 0.1) is 18.9 Å². The minimum atomic E-state index is 0.671. The molecule has 0 saturated carbocycles. The molecular weight excluding hydrogens is 260 g/mol. The molecule has 0 fully saturated rings. The van der Waals surface area contributed by atoms with Crippen LogP contribution in [0, 0.1) is 0 Å². The quantitative estimate of drug-likeness (QED) is 0.800. The number of hydrogen-bond donors (Lipinski definition) is 0. The Morgan fingerprint density at radius 1 is 1.10 bits per heavy atom. The van der Waals surface area contributed by atoms with Crippen LogP contribution in [0.15, 0.2) is 47.5 Å². The number of nitrogens with zero attached hydrogens (tertiary/aromatic N) is 2. The first kappa shape index (κ1) is 14.0. The molecule has 1 aliphatic rings. The van der Waals surface area contributed by atoms with Crippen molar-refractivity contribution in [3.05, 3.63) is 64.7 Å². The van der Waals surface area contributed by atoms with Gasteiger partial charge in [0.2, 0.25) is 0 Å². The molecule has 0 unspecified atom stereocenters. The lowest BCUT2D eigenvalue weighted by Crippen LogP contribution is -2.10. The Morgan fingerprint density at radius 3 is 2.67 bits per heavy atom. The summed E-state index contributed by atoms with van der Waals surface area (Å²) in [5.41, 5.74) is 5.92. The fourth-order valence-corrected chi connectivity index (χ4v) is 2.53. The molecule has 3 heteroatoms. The molecule has 3 rings (SSSR count). The van der Waals surface area contributed by atoms with Crippen molar-refractivity contribution in [3.8, 4) is 0 Å². The lowest BCUT2D eigenvalue weighted by atomic mass is 10.1. The van der Waals surface area contributed by atoms with Gasteiger partial charge in [-0.15, -0.1) is 0 Å². The summed E-state index contributed by atoms with van der Waals surface area (Å²) in [6, 6.07) is 14.7. The molecule has 0 atom stereocenters. The van der Waals surface area contributed by atoms with E-state index in [9.17, 15) is 0 Å². The smallest absolute Gasteiger partial charge is 0.0746 e. The lowest BCUT2D eigenvalue weighted by Gasteiger charge is -2.09. The first-order valence-electron chi connectivity index (χ1n) is 7.18. The summed E-state index contributed by atoms with van der Waals surface area (Å²) >= 11 is 0. The van der Waals surface area contributed by atoms with Crippen LogP contribution in [0.25, 0.3) is 0 Å². The lowest BCUT2D eigenvalue weighted by molar-refractivity contribution is 0.134. The van der Waals surface area contributed by atoms with Crippen LogP contribution < -0.4 is 0 Å². The van der Waals surface area contributed by atoms with Crippen molar-refractivity contribution in [1.82, 2.24) is 4.90 Å². The van der Waals surface area contributed by atoms with Crippen LogP contribution in [0.3, 0.4) is 0 Å². The Kier molecular flexibility index (Phi) is 4.13. The molecule has 0 aliphatic carbocycles. The second-order valence-electron chi connectivity index (χ2n) is 5.65. The third-order valence-corrected chi connectivity index (χ3v) is 3.58. The highest BCUT2D eigenvalue weighted by Crippen LogP contribution is 2.29. The predicted molar refractivity (Wildman–Crippen MR) is 86.0 cm³/mol. The summed E-state index contributed by atoms with van der Waals surface area (Å²) in [7, 11) is 4.15. The van der Waals surface area contributed by atoms with E-state index in [4.69, 9.17) is 4.74 Å². The largest absolute Gasteiger partial charge is 0.372 e. The first-order chi connectivity index (χ1) is 10.2. The van der Waals surface area contributed by atoms with Gasteiger partial charge in [0.25, 0.3) is 0 Å². The molecule has 108 valence electrons. The van der Waals surface area contributed by atoms with Crippen molar-refractivity contribution in [2.24, 2.45) is 4.99 Å². The zero-order chi connectivity index (χ0) is 14.7. The Morgan fingerprint density at radius 2 is 1.90 bits per heavy atom. The molecule has 0 saturated heterocycles. The fourth-order valence-electron chi connectivity index (χ4n) is 2.53. The third-order valence-electron chi connectivity index (χ3n) is 3.58. The van der Waals surface area contributed by atoms with Crippen LogP contribution in [0.4, 0.5) is 5.69 Å². The van der Waals surface area contributed by atoms with E-state index < -0.39 is 0 Å². The number of benzene rings is 2. The summed E-state index contributed by atoms with van der Waals surface area (Å²) in [6.45, 7) is 2.34. The zero-order valence-corrected chi connectivity index (χ0v) is 12.5. The van der Waals surface area contributed by atoms with E-state index in [0.29, 0.717) is 13.2 Å². The van der Waals surface area contributed by atoms with Gasteiger partial charge in [0.1, 0.15) is 0 Å². The van der Waals surface area contributed by atoms with Crippen molar-refractivity contribution in [2.75, 3.05) is 14.1 Å². The van der Waals surface area contributed by atoms with E-state index >= 15 is 0 Å². The highest BCUT2D eigenvalue weighted by molar-refractivity contribution is 5.82. The van der Waals surface area contributed by atoms with Crippen molar-refractivity contribution < 1.29 is 4.74 Å². The zero-order valence-electron chi connectivity index (χ0n) is 12.5. The number of fused-ring (bicyclic) bond motifs is 1. The normalized spacial score (nSPS) is 14.0. The van der Waals surface area contributed by atoms with Crippen LogP contribution in [-0.2, 0) is 24.5 Å². The highest BCUT2D eigenvalue weighted by atomic mass is 16.5. The number of hydrogen-bond acceptors (Lipinski definition) is 3. The molecule has 0 amide bonds. The average Bonchev–Trinajstić information content (AvgIpc) is 2.95. The highest BCUT2D eigenvalue weighted by Gasteiger charge is 2.13. The molecule has 2 aromatic carbocycles. The van der Waals surface area contributed by atoms with Crippen molar-refractivity contribution >= 4 is 11.9 Å². The van der Waals surface area contributed by atoms with Crippen LogP contribution in [0.2, 0.25) is 0 Å². The van der Waals surface area contributed by atoms with Gasteiger partial charge in [-0.1, -0.05) is 36.4 Å². The molecule has 1 aliphatic heterocycles. The molecule has 1 heterocycles. The van der Waals surface area contributed by atoms with E-state index in [1.165, 1.54) is 16.7 Å². The van der Waals surface area contributed by atoms with E-state index in [0.717, 1.165) is 17.8 Å². The van der Waals surface area contributed by atoms with Crippen molar-refractivity contribution in [3.63, 3.8) is 0 Å². The topological polar surface area (TPSA) is 24.8 Å². The molecule has 0 bridgehead atoms. The molecule has 21 heavy (non-hydrogen) atoms. The van der Waals surface area contributed by atoms with E-state index in [1.54, 1.807) is 0 Å². The second kappa shape index (κ2) is 6.20. The molecule has 0 N–H and O–H groups in total. The van der Waals surface area contributed by atoms with Crippen LogP contribution in [0.5, 0.6) is 0 Å². The van der Waals surface area contributed by atoms with Gasteiger partial charge in [-0.2, -0.15) is 0 Å².